The second kappa shape index (κ2) is 5.93. The topological polar surface area (TPSA) is 40.6 Å². The van der Waals surface area contributed by atoms with Crippen LogP contribution in [0.2, 0.25) is 0 Å². The highest BCUT2D eigenvalue weighted by molar-refractivity contribution is 7.08. The van der Waals surface area contributed by atoms with E-state index >= 15 is 0 Å². The van der Waals surface area contributed by atoms with Crippen LogP contribution >= 0.6 is 11.3 Å². The van der Waals surface area contributed by atoms with Gasteiger partial charge in [-0.05, 0) is 37.4 Å². The molecule has 1 aromatic heterocycles. The van der Waals surface area contributed by atoms with E-state index < -0.39 is 0 Å². The van der Waals surface area contributed by atoms with Crippen molar-refractivity contribution in [2.75, 3.05) is 18.0 Å². The molecule has 0 unspecified atom stereocenters. The Bertz CT molecular complexity index is 679. The van der Waals surface area contributed by atoms with Crippen molar-refractivity contribution in [2.24, 2.45) is 0 Å². The predicted molar refractivity (Wildman–Crippen MR) is 88.3 cm³/mol. The number of aryl methyl sites for hydroxylation is 1. The molecule has 5 heteroatoms. The number of carbonyl (C=O) groups excluding carboxylic acids is 2. The van der Waals surface area contributed by atoms with Crippen LogP contribution in [0.3, 0.4) is 0 Å². The summed E-state index contributed by atoms with van der Waals surface area (Å²) >= 11 is 1.49. The molecule has 1 fully saturated rings. The average molecular weight is 314 g/mol. The Labute approximate surface area is 134 Å². The lowest BCUT2D eigenvalue weighted by Crippen LogP contribution is -2.57. The van der Waals surface area contributed by atoms with Gasteiger partial charge < -0.3 is 9.80 Å². The lowest BCUT2D eigenvalue weighted by molar-refractivity contribution is -0.121. The fourth-order valence-corrected chi connectivity index (χ4v) is 3.28. The van der Waals surface area contributed by atoms with Crippen molar-refractivity contribution in [1.82, 2.24) is 4.90 Å². The van der Waals surface area contributed by atoms with Crippen LogP contribution in [0.1, 0.15) is 22.8 Å². The number of amides is 2. The quantitative estimate of drug-likeness (QED) is 0.855. The maximum Gasteiger partial charge on any atom is 0.255 e. The summed E-state index contributed by atoms with van der Waals surface area (Å²) in [6.07, 6.45) is 0. The second-order valence-corrected chi connectivity index (χ2v) is 6.41. The Morgan fingerprint density at radius 3 is 2.59 bits per heavy atom. The molecule has 22 heavy (non-hydrogen) atoms. The molecule has 1 aromatic carbocycles. The predicted octanol–water partition coefficient (Wildman–Crippen LogP) is 2.93. The van der Waals surface area contributed by atoms with Gasteiger partial charge in [0.25, 0.3) is 5.91 Å². The van der Waals surface area contributed by atoms with Crippen LogP contribution in [0, 0.1) is 6.92 Å². The van der Waals surface area contributed by atoms with E-state index in [0.29, 0.717) is 12.1 Å². The SMILES string of the molecule is Cc1ccc(N2C[C@@H](C)N(C(=O)c3ccsc3)CC2=O)cc1. The highest BCUT2D eigenvalue weighted by Crippen LogP contribution is 2.22. The zero-order chi connectivity index (χ0) is 15.7. The molecule has 0 N–H and O–H groups in total. The van der Waals surface area contributed by atoms with Crippen LogP contribution in [0.4, 0.5) is 5.69 Å². The van der Waals surface area contributed by atoms with Gasteiger partial charge in [-0.3, -0.25) is 9.59 Å². The largest absolute Gasteiger partial charge is 0.325 e. The molecule has 2 heterocycles. The van der Waals surface area contributed by atoms with E-state index in [0.717, 1.165) is 11.3 Å². The third kappa shape index (κ3) is 2.76. The first kappa shape index (κ1) is 14.8. The molecule has 4 nitrogen and oxygen atoms in total. The number of rotatable bonds is 2. The van der Waals surface area contributed by atoms with Crippen LogP contribution in [0.15, 0.2) is 41.1 Å². The standard InChI is InChI=1S/C17H18N2O2S/c1-12-3-5-15(6-4-12)19-9-13(2)18(10-16(19)20)17(21)14-7-8-22-11-14/h3-8,11,13H,9-10H2,1-2H3/t13-/m1/s1. The summed E-state index contributed by atoms with van der Waals surface area (Å²) in [4.78, 5) is 28.3. The molecular weight excluding hydrogens is 296 g/mol. The van der Waals surface area contributed by atoms with E-state index in [1.54, 1.807) is 15.9 Å². The minimum Gasteiger partial charge on any atom is -0.325 e. The highest BCUT2D eigenvalue weighted by atomic mass is 32.1. The van der Waals surface area contributed by atoms with Gasteiger partial charge in [0.1, 0.15) is 6.54 Å². The molecule has 1 aliphatic rings. The van der Waals surface area contributed by atoms with E-state index in [4.69, 9.17) is 0 Å². The smallest absolute Gasteiger partial charge is 0.255 e. The molecule has 0 aliphatic carbocycles. The molecule has 114 valence electrons. The number of carbonyl (C=O) groups is 2. The zero-order valence-electron chi connectivity index (χ0n) is 12.7. The number of thiophene rings is 1. The first-order valence-electron chi connectivity index (χ1n) is 7.26. The van der Waals surface area contributed by atoms with Crippen molar-refractivity contribution < 1.29 is 9.59 Å². The average Bonchev–Trinajstić information content (AvgIpc) is 3.04. The van der Waals surface area contributed by atoms with Crippen molar-refractivity contribution in [1.29, 1.82) is 0 Å². The third-order valence-corrected chi connectivity index (χ3v) is 4.64. The number of anilines is 1. The summed E-state index contributed by atoms with van der Waals surface area (Å²) in [6.45, 7) is 4.66. The van der Waals surface area contributed by atoms with E-state index in [1.165, 1.54) is 11.3 Å². The number of hydrogen-bond acceptors (Lipinski definition) is 3. The molecule has 1 atom stereocenters. The lowest BCUT2D eigenvalue weighted by Gasteiger charge is -2.39. The monoisotopic (exact) mass is 314 g/mol. The normalized spacial score (nSPS) is 18.6. The first-order chi connectivity index (χ1) is 10.6. The Balaban J connectivity index is 1.78. The van der Waals surface area contributed by atoms with Gasteiger partial charge in [0.2, 0.25) is 5.91 Å². The van der Waals surface area contributed by atoms with Crippen molar-refractivity contribution in [2.45, 2.75) is 19.9 Å². The van der Waals surface area contributed by atoms with E-state index in [2.05, 4.69) is 0 Å². The summed E-state index contributed by atoms with van der Waals surface area (Å²) in [6, 6.07) is 9.70. The minimum atomic E-state index is -0.0642. The molecule has 0 spiro atoms. The number of benzene rings is 1. The molecule has 1 saturated heterocycles. The molecular formula is C17H18N2O2S. The zero-order valence-corrected chi connectivity index (χ0v) is 13.5. The van der Waals surface area contributed by atoms with E-state index in [9.17, 15) is 9.59 Å². The van der Waals surface area contributed by atoms with Crippen molar-refractivity contribution >= 4 is 28.8 Å². The van der Waals surface area contributed by atoms with Gasteiger partial charge in [-0.1, -0.05) is 17.7 Å². The van der Waals surface area contributed by atoms with E-state index in [1.807, 2.05) is 48.9 Å². The van der Waals surface area contributed by atoms with Gasteiger partial charge in [0, 0.05) is 23.7 Å². The molecule has 0 bridgehead atoms. The van der Waals surface area contributed by atoms with Crippen LogP contribution in [-0.2, 0) is 4.79 Å². The highest BCUT2D eigenvalue weighted by Gasteiger charge is 2.33. The van der Waals surface area contributed by atoms with Crippen LogP contribution in [0.5, 0.6) is 0 Å². The Hall–Kier alpha value is -2.14. The molecule has 2 amide bonds. The number of piperazine rings is 1. The Kier molecular flexibility index (Phi) is 3.98. The van der Waals surface area contributed by atoms with Crippen LogP contribution in [0.25, 0.3) is 0 Å². The van der Waals surface area contributed by atoms with Crippen LogP contribution in [-0.4, -0.2) is 35.8 Å². The minimum absolute atomic E-state index is 0.00796. The molecule has 0 radical (unpaired) electrons. The molecule has 1 aliphatic heterocycles. The van der Waals surface area contributed by atoms with Crippen molar-refractivity contribution in [3.8, 4) is 0 Å². The lowest BCUT2D eigenvalue weighted by atomic mass is 10.1. The third-order valence-electron chi connectivity index (χ3n) is 3.96. The number of nitrogens with zero attached hydrogens (tertiary/aromatic N) is 2. The fraction of sp³-hybridized carbons (Fsp3) is 0.294. The fourth-order valence-electron chi connectivity index (χ4n) is 2.65. The van der Waals surface area contributed by atoms with Gasteiger partial charge >= 0.3 is 0 Å². The number of hydrogen-bond donors (Lipinski definition) is 0. The van der Waals surface area contributed by atoms with Gasteiger partial charge in [-0.25, -0.2) is 0 Å². The van der Waals surface area contributed by atoms with Crippen LogP contribution < -0.4 is 4.90 Å². The summed E-state index contributed by atoms with van der Waals surface area (Å²) < 4.78 is 0. The van der Waals surface area contributed by atoms with Crippen molar-refractivity contribution in [3.05, 3.63) is 52.2 Å². The second-order valence-electron chi connectivity index (χ2n) is 5.63. The maximum absolute atomic E-state index is 12.5. The van der Waals surface area contributed by atoms with Gasteiger partial charge in [0.05, 0.1) is 5.56 Å². The Morgan fingerprint density at radius 1 is 1.23 bits per heavy atom. The summed E-state index contributed by atoms with van der Waals surface area (Å²) in [5, 5.41) is 3.70. The van der Waals surface area contributed by atoms with Crippen molar-refractivity contribution in [3.63, 3.8) is 0 Å². The summed E-state index contributed by atoms with van der Waals surface area (Å²) in [5.41, 5.74) is 2.72. The van der Waals surface area contributed by atoms with Gasteiger partial charge in [0.15, 0.2) is 0 Å². The molecule has 3 rings (SSSR count). The molecule has 2 aromatic rings. The van der Waals surface area contributed by atoms with Gasteiger partial charge in [-0.2, -0.15) is 11.3 Å². The van der Waals surface area contributed by atoms with Gasteiger partial charge in [-0.15, -0.1) is 0 Å². The molecule has 0 saturated carbocycles. The Morgan fingerprint density at radius 2 is 1.95 bits per heavy atom. The summed E-state index contributed by atoms with van der Waals surface area (Å²) in [5.74, 6) is -0.101. The maximum atomic E-state index is 12.5. The first-order valence-corrected chi connectivity index (χ1v) is 8.21. The summed E-state index contributed by atoms with van der Waals surface area (Å²) in [7, 11) is 0. The van der Waals surface area contributed by atoms with E-state index in [-0.39, 0.29) is 24.4 Å².